The third-order valence-electron chi connectivity index (χ3n) is 1.52. The maximum absolute atomic E-state index is 4.90. The SMILES string of the molecule is COC/C=C\CSc1ccccc1. The smallest absolute Gasteiger partial charge is 0.0643 e. The molecule has 0 fully saturated rings. The molecular formula is C11H14OS. The third kappa shape index (κ3) is 4.76. The third-order valence-corrected chi connectivity index (χ3v) is 2.48. The summed E-state index contributed by atoms with van der Waals surface area (Å²) in [7, 11) is 1.70. The van der Waals surface area contributed by atoms with Crippen molar-refractivity contribution in [1.82, 2.24) is 0 Å². The summed E-state index contributed by atoms with van der Waals surface area (Å²) in [6.45, 7) is 0.704. The molecule has 0 aromatic heterocycles. The maximum Gasteiger partial charge on any atom is 0.0643 e. The maximum atomic E-state index is 4.90. The van der Waals surface area contributed by atoms with Crippen LogP contribution in [0.2, 0.25) is 0 Å². The molecule has 70 valence electrons. The van der Waals surface area contributed by atoms with Crippen LogP contribution >= 0.6 is 11.8 Å². The number of rotatable bonds is 5. The van der Waals surface area contributed by atoms with Crippen molar-refractivity contribution < 1.29 is 4.74 Å². The summed E-state index contributed by atoms with van der Waals surface area (Å²) in [5.41, 5.74) is 0. The van der Waals surface area contributed by atoms with Crippen molar-refractivity contribution in [3.05, 3.63) is 42.5 Å². The Morgan fingerprint density at radius 1 is 1.23 bits per heavy atom. The van der Waals surface area contributed by atoms with Crippen LogP contribution in [0.5, 0.6) is 0 Å². The Hall–Kier alpha value is -0.730. The van der Waals surface area contributed by atoms with E-state index in [2.05, 4.69) is 30.3 Å². The fourth-order valence-corrected chi connectivity index (χ4v) is 1.67. The Morgan fingerprint density at radius 3 is 2.69 bits per heavy atom. The molecule has 0 bridgehead atoms. The van der Waals surface area contributed by atoms with E-state index in [4.69, 9.17) is 4.74 Å². The van der Waals surface area contributed by atoms with Crippen LogP contribution in [0.15, 0.2) is 47.4 Å². The number of hydrogen-bond acceptors (Lipinski definition) is 2. The molecule has 0 amide bonds. The van der Waals surface area contributed by atoms with Gasteiger partial charge < -0.3 is 4.74 Å². The molecule has 0 spiro atoms. The van der Waals surface area contributed by atoms with Gasteiger partial charge in [0.25, 0.3) is 0 Å². The number of methoxy groups -OCH3 is 1. The topological polar surface area (TPSA) is 9.23 Å². The van der Waals surface area contributed by atoms with Crippen LogP contribution < -0.4 is 0 Å². The first-order valence-corrected chi connectivity index (χ1v) is 5.24. The number of thioether (sulfide) groups is 1. The normalized spacial score (nSPS) is 10.8. The van der Waals surface area contributed by atoms with Crippen LogP contribution in [0.1, 0.15) is 0 Å². The van der Waals surface area contributed by atoms with Crippen molar-refractivity contribution in [1.29, 1.82) is 0 Å². The van der Waals surface area contributed by atoms with E-state index < -0.39 is 0 Å². The van der Waals surface area contributed by atoms with Gasteiger partial charge in [0.2, 0.25) is 0 Å². The second-order valence-corrected chi connectivity index (χ2v) is 3.64. The van der Waals surface area contributed by atoms with E-state index in [1.165, 1.54) is 4.90 Å². The van der Waals surface area contributed by atoms with E-state index in [9.17, 15) is 0 Å². The zero-order chi connectivity index (χ0) is 9.36. The summed E-state index contributed by atoms with van der Waals surface area (Å²) in [5, 5.41) is 0. The minimum atomic E-state index is 0.704. The average molecular weight is 194 g/mol. The molecule has 0 heterocycles. The zero-order valence-electron chi connectivity index (χ0n) is 7.77. The summed E-state index contributed by atoms with van der Waals surface area (Å²) in [5.74, 6) is 1.01. The lowest BCUT2D eigenvalue weighted by molar-refractivity contribution is 0.234. The van der Waals surface area contributed by atoms with Gasteiger partial charge in [-0.3, -0.25) is 0 Å². The molecule has 0 saturated carbocycles. The van der Waals surface area contributed by atoms with Gasteiger partial charge in [-0.15, -0.1) is 11.8 Å². The van der Waals surface area contributed by atoms with Crippen LogP contribution in [0.25, 0.3) is 0 Å². The molecule has 0 radical (unpaired) electrons. The quantitative estimate of drug-likeness (QED) is 0.526. The van der Waals surface area contributed by atoms with Gasteiger partial charge in [-0.25, -0.2) is 0 Å². The fourth-order valence-electron chi connectivity index (χ4n) is 0.893. The molecular weight excluding hydrogens is 180 g/mol. The van der Waals surface area contributed by atoms with Crippen LogP contribution in [0.4, 0.5) is 0 Å². The highest BCUT2D eigenvalue weighted by atomic mass is 32.2. The minimum absolute atomic E-state index is 0.704. The van der Waals surface area contributed by atoms with Gasteiger partial charge in [-0.1, -0.05) is 30.4 Å². The Kier molecular flexibility index (Phi) is 5.38. The number of benzene rings is 1. The number of ether oxygens (including phenoxy) is 1. The molecule has 2 heteroatoms. The van der Waals surface area contributed by atoms with E-state index in [1.807, 2.05) is 23.9 Å². The summed E-state index contributed by atoms with van der Waals surface area (Å²) in [4.78, 5) is 1.31. The van der Waals surface area contributed by atoms with E-state index in [0.717, 1.165) is 5.75 Å². The summed E-state index contributed by atoms with van der Waals surface area (Å²) in [6.07, 6.45) is 4.16. The van der Waals surface area contributed by atoms with Crippen LogP contribution in [0, 0.1) is 0 Å². The largest absolute Gasteiger partial charge is 0.381 e. The highest BCUT2D eigenvalue weighted by Gasteiger charge is 1.87. The lowest BCUT2D eigenvalue weighted by atomic mass is 10.4. The molecule has 0 unspecified atom stereocenters. The molecule has 1 nitrogen and oxygen atoms in total. The van der Waals surface area contributed by atoms with Gasteiger partial charge in [0, 0.05) is 17.8 Å². The summed E-state index contributed by atoms with van der Waals surface area (Å²) < 4.78 is 4.90. The predicted octanol–water partition coefficient (Wildman–Crippen LogP) is 2.98. The molecule has 0 aliphatic carbocycles. The van der Waals surface area contributed by atoms with E-state index >= 15 is 0 Å². The van der Waals surface area contributed by atoms with Crippen molar-refractivity contribution in [2.75, 3.05) is 19.5 Å². The Morgan fingerprint density at radius 2 is 2.00 bits per heavy atom. The van der Waals surface area contributed by atoms with Gasteiger partial charge in [-0.05, 0) is 12.1 Å². The fraction of sp³-hybridized carbons (Fsp3) is 0.273. The molecule has 0 aliphatic heterocycles. The molecule has 13 heavy (non-hydrogen) atoms. The molecule has 0 aliphatic rings. The van der Waals surface area contributed by atoms with Gasteiger partial charge in [0.15, 0.2) is 0 Å². The van der Waals surface area contributed by atoms with E-state index in [0.29, 0.717) is 6.61 Å². The van der Waals surface area contributed by atoms with Crippen molar-refractivity contribution >= 4 is 11.8 Å². The predicted molar refractivity (Wildman–Crippen MR) is 58.2 cm³/mol. The van der Waals surface area contributed by atoms with E-state index in [-0.39, 0.29) is 0 Å². The Balaban J connectivity index is 2.20. The zero-order valence-corrected chi connectivity index (χ0v) is 8.59. The Bertz CT molecular complexity index is 244. The lowest BCUT2D eigenvalue weighted by Crippen LogP contribution is -1.81. The Labute approximate surface area is 83.8 Å². The van der Waals surface area contributed by atoms with E-state index in [1.54, 1.807) is 7.11 Å². The minimum Gasteiger partial charge on any atom is -0.381 e. The second-order valence-electron chi connectivity index (χ2n) is 2.55. The van der Waals surface area contributed by atoms with Gasteiger partial charge in [0.1, 0.15) is 0 Å². The van der Waals surface area contributed by atoms with Gasteiger partial charge >= 0.3 is 0 Å². The van der Waals surface area contributed by atoms with Crippen LogP contribution in [-0.4, -0.2) is 19.5 Å². The first-order valence-electron chi connectivity index (χ1n) is 4.25. The first-order chi connectivity index (χ1) is 6.43. The second kappa shape index (κ2) is 6.75. The van der Waals surface area contributed by atoms with Gasteiger partial charge in [0.05, 0.1) is 6.61 Å². The number of hydrogen-bond donors (Lipinski definition) is 0. The van der Waals surface area contributed by atoms with Crippen molar-refractivity contribution in [2.45, 2.75) is 4.90 Å². The average Bonchev–Trinajstić information content (AvgIpc) is 2.19. The van der Waals surface area contributed by atoms with Crippen molar-refractivity contribution in [2.24, 2.45) is 0 Å². The lowest BCUT2D eigenvalue weighted by Gasteiger charge is -1.95. The molecule has 0 N–H and O–H groups in total. The monoisotopic (exact) mass is 194 g/mol. The molecule has 1 rings (SSSR count). The van der Waals surface area contributed by atoms with Crippen LogP contribution in [-0.2, 0) is 4.74 Å². The summed E-state index contributed by atoms with van der Waals surface area (Å²) in [6, 6.07) is 10.4. The first kappa shape index (κ1) is 10.4. The molecule has 0 saturated heterocycles. The van der Waals surface area contributed by atoms with Crippen LogP contribution in [0.3, 0.4) is 0 Å². The highest BCUT2D eigenvalue weighted by molar-refractivity contribution is 7.99. The molecule has 0 atom stereocenters. The van der Waals surface area contributed by atoms with Crippen molar-refractivity contribution in [3.8, 4) is 0 Å². The summed E-state index contributed by atoms with van der Waals surface area (Å²) >= 11 is 1.83. The highest BCUT2D eigenvalue weighted by Crippen LogP contribution is 2.16. The molecule has 1 aromatic rings. The molecule has 1 aromatic carbocycles. The van der Waals surface area contributed by atoms with Crippen molar-refractivity contribution in [3.63, 3.8) is 0 Å². The van der Waals surface area contributed by atoms with Gasteiger partial charge in [-0.2, -0.15) is 0 Å². The standard InChI is InChI=1S/C11H14OS/c1-12-9-5-6-10-13-11-7-3-2-4-8-11/h2-8H,9-10H2,1H3/b6-5-.